The molecule has 0 unspecified atom stereocenters. The van der Waals surface area contributed by atoms with Crippen molar-refractivity contribution < 1.29 is 9.21 Å². The summed E-state index contributed by atoms with van der Waals surface area (Å²) in [5, 5.41) is 7.54. The quantitative estimate of drug-likeness (QED) is 0.791. The van der Waals surface area contributed by atoms with Crippen LogP contribution in [0, 0.1) is 0 Å². The molecule has 1 fully saturated rings. The van der Waals surface area contributed by atoms with Gasteiger partial charge in [-0.25, -0.2) is 9.97 Å². The third-order valence-electron chi connectivity index (χ3n) is 4.63. The Morgan fingerprint density at radius 3 is 2.84 bits per heavy atom. The summed E-state index contributed by atoms with van der Waals surface area (Å²) in [7, 11) is 0. The first kappa shape index (κ1) is 15.6. The minimum absolute atomic E-state index is 0.140. The maximum Gasteiger partial charge on any atom is 0.287 e. The fraction of sp³-hybridized carbons (Fsp3) is 0.333. The molecule has 1 aliphatic carbocycles. The van der Waals surface area contributed by atoms with Gasteiger partial charge in [-0.1, -0.05) is 0 Å². The van der Waals surface area contributed by atoms with Crippen molar-refractivity contribution >= 4 is 5.91 Å². The van der Waals surface area contributed by atoms with Gasteiger partial charge in [0.1, 0.15) is 6.33 Å². The van der Waals surface area contributed by atoms with Gasteiger partial charge in [0.25, 0.3) is 5.91 Å². The van der Waals surface area contributed by atoms with E-state index in [-0.39, 0.29) is 11.9 Å². The van der Waals surface area contributed by atoms with Crippen LogP contribution in [0.5, 0.6) is 0 Å². The van der Waals surface area contributed by atoms with Crippen LogP contribution in [0.2, 0.25) is 0 Å². The van der Waals surface area contributed by atoms with Gasteiger partial charge in [0, 0.05) is 24.0 Å². The lowest BCUT2D eigenvalue weighted by molar-refractivity contribution is 0.0893. The second-order valence-corrected chi connectivity index (χ2v) is 6.26. The van der Waals surface area contributed by atoms with E-state index >= 15 is 0 Å². The molecule has 0 bridgehead atoms. The SMILES string of the molecule is O=C(NC1CCC(n2cc(-c3ccncn3)cn2)CC1)c1ccco1. The molecule has 3 aromatic heterocycles. The maximum absolute atomic E-state index is 12.1. The second kappa shape index (κ2) is 6.88. The number of amides is 1. The zero-order chi connectivity index (χ0) is 17.1. The van der Waals surface area contributed by atoms with Crippen molar-refractivity contribution in [1.82, 2.24) is 25.1 Å². The summed E-state index contributed by atoms with van der Waals surface area (Å²) in [4.78, 5) is 20.2. The van der Waals surface area contributed by atoms with Gasteiger partial charge in [-0.15, -0.1) is 0 Å². The van der Waals surface area contributed by atoms with E-state index in [2.05, 4.69) is 20.4 Å². The molecule has 0 radical (unpaired) electrons. The van der Waals surface area contributed by atoms with Crippen molar-refractivity contribution in [2.75, 3.05) is 0 Å². The van der Waals surface area contributed by atoms with Crippen LogP contribution in [-0.4, -0.2) is 31.7 Å². The van der Waals surface area contributed by atoms with Gasteiger partial charge >= 0.3 is 0 Å². The predicted molar refractivity (Wildman–Crippen MR) is 90.7 cm³/mol. The van der Waals surface area contributed by atoms with Crippen molar-refractivity contribution in [2.45, 2.75) is 37.8 Å². The number of aromatic nitrogens is 4. The zero-order valence-electron chi connectivity index (χ0n) is 13.7. The lowest BCUT2D eigenvalue weighted by Gasteiger charge is -2.29. The van der Waals surface area contributed by atoms with Crippen molar-refractivity contribution in [1.29, 1.82) is 0 Å². The molecule has 1 amide bonds. The Labute approximate surface area is 145 Å². The van der Waals surface area contributed by atoms with Crippen LogP contribution in [0.4, 0.5) is 0 Å². The standard InChI is InChI=1S/C18H19N5O2/c24-18(17-2-1-9-25-17)22-14-3-5-15(6-4-14)23-11-13(10-21-23)16-7-8-19-12-20-16/h1-2,7-12,14-15H,3-6H2,(H,22,24). The fourth-order valence-corrected chi connectivity index (χ4v) is 3.28. The second-order valence-electron chi connectivity index (χ2n) is 6.26. The molecule has 0 aromatic carbocycles. The van der Waals surface area contributed by atoms with E-state index in [1.807, 2.05) is 23.1 Å². The normalized spacial score (nSPS) is 20.3. The van der Waals surface area contributed by atoms with Crippen molar-refractivity contribution in [3.8, 4) is 11.3 Å². The summed E-state index contributed by atoms with van der Waals surface area (Å²) >= 11 is 0. The van der Waals surface area contributed by atoms with Gasteiger partial charge in [-0.05, 0) is 43.9 Å². The molecule has 0 saturated heterocycles. The molecule has 4 rings (SSSR count). The molecule has 0 atom stereocenters. The first-order valence-electron chi connectivity index (χ1n) is 8.44. The summed E-state index contributed by atoms with van der Waals surface area (Å²) in [6.07, 6.45) is 12.5. The number of hydrogen-bond acceptors (Lipinski definition) is 5. The number of carbonyl (C=O) groups is 1. The lowest BCUT2D eigenvalue weighted by Crippen LogP contribution is -2.37. The summed E-state index contributed by atoms with van der Waals surface area (Å²) in [5.74, 6) is 0.224. The Bertz CT molecular complexity index is 820. The number of nitrogens with zero attached hydrogens (tertiary/aromatic N) is 4. The van der Waals surface area contributed by atoms with Crippen molar-refractivity contribution in [2.24, 2.45) is 0 Å². The third-order valence-corrected chi connectivity index (χ3v) is 4.63. The molecule has 128 valence electrons. The molecule has 1 N–H and O–H groups in total. The fourth-order valence-electron chi connectivity index (χ4n) is 3.28. The van der Waals surface area contributed by atoms with E-state index in [1.165, 1.54) is 6.26 Å². The Morgan fingerprint density at radius 2 is 2.12 bits per heavy atom. The van der Waals surface area contributed by atoms with Crippen molar-refractivity contribution in [3.63, 3.8) is 0 Å². The van der Waals surface area contributed by atoms with Gasteiger partial charge in [0.15, 0.2) is 5.76 Å². The molecular weight excluding hydrogens is 318 g/mol. The van der Waals surface area contributed by atoms with E-state index in [1.54, 1.807) is 24.7 Å². The van der Waals surface area contributed by atoms with E-state index in [9.17, 15) is 4.79 Å². The van der Waals surface area contributed by atoms with Gasteiger partial charge in [-0.3, -0.25) is 9.48 Å². The van der Waals surface area contributed by atoms with Gasteiger partial charge in [-0.2, -0.15) is 5.10 Å². The summed E-state index contributed by atoms with van der Waals surface area (Å²) in [5.41, 5.74) is 1.87. The Balaban J connectivity index is 1.34. The largest absolute Gasteiger partial charge is 0.459 e. The zero-order valence-corrected chi connectivity index (χ0v) is 13.7. The van der Waals surface area contributed by atoms with Crippen LogP contribution in [0.25, 0.3) is 11.3 Å². The smallest absolute Gasteiger partial charge is 0.287 e. The predicted octanol–water partition coefficient (Wildman–Crippen LogP) is 2.85. The van der Waals surface area contributed by atoms with Gasteiger partial charge in [0.2, 0.25) is 0 Å². The highest BCUT2D eigenvalue weighted by molar-refractivity contribution is 5.91. The average molecular weight is 337 g/mol. The highest BCUT2D eigenvalue weighted by Crippen LogP contribution is 2.29. The first-order valence-corrected chi connectivity index (χ1v) is 8.44. The monoisotopic (exact) mass is 337 g/mol. The molecule has 7 nitrogen and oxygen atoms in total. The average Bonchev–Trinajstić information content (AvgIpc) is 3.35. The Hall–Kier alpha value is -2.96. The molecule has 3 heterocycles. The number of nitrogens with one attached hydrogen (secondary N) is 1. The van der Waals surface area contributed by atoms with Crippen molar-refractivity contribution in [3.05, 3.63) is 55.1 Å². The number of furan rings is 1. The van der Waals surface area contributed by atoms with Crippen LogP contribution in [0.3, 0.4) is 0 Å². The minimum atomic E-state index is -0.140. The molecule has 0 spiro atoms. The van der Waals surface area contributed by atoms with Crippen LogP contribution >= 0.6 is 0 Å². The molecule has 3 aromatic rings. The molecule has 1 aliphatic rings. The van der Waals surface area contributed by atoms with Crippen LogP contribution < -0.4 is 5.32 Å². The minimum Gasteiger partial charge on any atom is -0.459 e. The van der Waals surface area contributed by atoms with E-state index < -0.39 is 0 Å². The Kier molecular flexibility index (Phi) is 4.28. The maximum atomic E-state index is 12.1. The Morgan fingerprint density at radius 1 is 1.24 bits per heavy atom. The summed E-state index contributed by atoms with van der Waals surface area (Å²) in [6, 6.07) is 5.82. The van der Waals surface area contributed by atoms with E-state index in [0.29, 0.717) is 11.8 Å². The van der Waals surface area contributed by atoms with Crippen LogP contribution in [0.15, 0.2) is 53.8 Å². The van der Waals surface area contributed by atoms with E-state index in [0.717, 1.165) is 36.9 Å². The first-order chi connectivity index (χ1) is 12.3. The summed E-state index contributed by atoms with van der Waals surface area (Å²) in [6.45, 7) is 0. The molecular formula is C18H19N5O2. The molecule has 1 saturated carbocycles. The highest BCUT2D eigenvalue weighted by Gasteiger charge is 2.25. The topological polar surface area (TPSA) is 85.8 Å². The molecule has 25 heavy (non-hydrogen) atoms. The third kappa shape index (κ3) is 3.45. The van der Waals surface area contributed by atoms with E-state index in [4.69, 9.17) is 4.42 Å². The number of hydrogen-bond donors (Lipinski definition) is 1. The number of carbonyl (C=O) groups excluding carboxylic acids is 1. The van der Waals surface area contributed by atoms with Gasteiger partial charge in [0.05, 0.1) is 24.2 Å². The lowest BCUT2D eigenvalue weighted by atomic mass is 9.91. The number of rotatable bonds is 4. The molecule has 0 aliphatic heterocycles. The summed E-state index contributed by atoms with van der Waals surface area (Å²) < 4.78 is 7.15. The van der Waals surface area contributed by atoms with Crippen LogP contribution in [0.1, 0.15) is 42.3 Å². The molecule has 7 heteroatoms. The van der Waals surface area contributed by atoms with Crippen LogP contribution in [-0.2, 0) is 0 Å². The highest BCUT2D eigenvalue weighted by atomic mass is 16.3. The van der Waals surface area contributed by atoms with Gasteiger partial charge < -0.3 is 9.73 Å².